The van der Waals surface area contributed by atoms with Crippen molar-refractivity contribution in [1.29, 1.82) is 0 Å². The van der Waals surface area contributed by atoms with Gasteiger partial charge in [0.1, 0.15) is 0 Å². The van der Waals surface area contributed by atoms with Gasteiger partial charge in [-0.25, -0.2) is 0 Å². The first-order valence-corrected chi connectivity index (χ1v) is 8.49. The largest absolute Gasteiger partial charge is 0.389 e. The molecule has 0 aliphatic heterocycles. The van der Waals surface area contributed by atoms with E-state index in [4.69, 9.17) is 4.74 Å². The molecule has 2 N–H and O–H groups in total. The van der Waals surface area contributed by atoms with E-state index in [1.165, 1.54) is 0 Å². The summed E-state index contributed by atoms with van der Waals surface area (Å²) in [5, 5.41) is 14.9. The Morgan fingerprint density at radius 1 is 1.08 bits per heavy atom. The van der Waals surface area contributed by atoms with E-state index in [0.29, 0.717) is 12.5 Å². The zero-order chi connectivity index (χ0) is 17.5. The fraction of sp³-hybridized carbons (Fsp3) is 0.450. The van der Waals surface area contributed by atoms with Crippen molar-refractivity contribution in [2.24, 2.45) is 5.92 Å². The van der Waals surface area contributed by atoms with Crippen LogP contribution < -0.4 is 5.32 Å². The molecule has 0 radical (unpaired) electrons. The van der Waals surface area contributed by atoms with Gasteiger partial charge in [0, 0.05) is 13.2 Å². The van der Waals surface area contributed by atoms with Gasteiger partial charge in [0.05, 0.1) is 18.6 Å². The smallest absolute Gasteiger partial charge is 0.227 e. The first-order chi connectivity index (χ1) is 11.5. The van der Waals surface area contributed by atoms with Crippen molar-refractivity contribution in [3.63, 3.8) is 0 Å². The summed E-state index contributed by atoms with van der Waals surface area (Å²) in [6, 6.07) is 14.1. The van der Waals surface area contributed by atoms with Gasteiger partial charge in [0.2, 0.25) is 5.91 Å². The number of hydrogen-bond acceptors (Lipinski definition) is 3. The second-order valence-corrected chi connectivity index (χ2v) is 6.66. The predicted octanol–water partition coefficient (Wildman–Crippen LogP) is 3.09. The number of amides is 1. The molecule has 2 unspecified atom stereocenters. The number of carbonyl (C=O) groups excluding carboxylic acids is 1. The fourth-order valence-electron chi connectivity index (χ4n) is 2.50. The highest BCUT2D eigenvalue weighted by Crippen LogP contribution is 2.21. The van der Waals surface area contributed by atoms with Crippen LogP contribution >= 0.6 is 0 Å². The van der Waals surface area contributed by atoms with Crippen LogP contribution in [0.4, 0.5) is 0 Å². The molecule has 2 rings (SSSR count). The van der Waals surface area contributed by atoms with Gasteiger partial charge in [0.15, 0.2) is 0 Å². The third-order valence-corrected chi connectivity index (χ3v) is 3.94. The Kier molecular flexibility index (Phi) is 6.76. The van der Waals surface area contributed by atoms with Gasteiger partial charge in [-0.3, -0.25) is 4.79 Å². The van der Waals surface area contributed by atoms with Crippen LogP contribution in [0.15, 0.2) is 42.5 Å². The Labute approximate surface area is 143 Å². The lowest BCUT2D eigenvalue weighted by Gasteiger charge is -2.16. The molecule has 2 aromatic rings. The summed E-state index contributed by atoms with van der Waals surface area (Å²) in [4.78, 5) is 12.3. The second-order valence-electron chi connectivity index (χ2n) is 6.66. The van der Waals surface area contributed by atoms with Gasteiger partial charge in [-0.1, -0.05) is 56.3 Å². The van der Waals surface area contributed by atoms with Gasteiger partial charge >= 0.3 is 0 Å². The Morgan fingerprint density at radius 3 is 2.50 bits per heavy atom. The number of fused-ring (bicyclic) bond motifs is 1. The standard InChI is InChI=1S/C20H27NO3/c1-14(2)12-24-13-19(22)11-21-20(23)15(3)17-9-8-16-6-4-5-7-18(16)10-17/h4-10,14-15,19,22H,11-13H2,1-3H3,(H,21,23). The van der Waals surface area contributed by atoms with E-state index in [9.17, 15) is 9.90 Å². The number of hydrogen-bond donors (Lipinski definition) is 2. The highest BCUT2D eigenvalue weighted by molar-refractivity contribution is 5.87. The second kappa shape index (κ2) is 8.81. The third-order valence-electron chi connectivity index (χ3n) is 3.94. The zero-order valence-corrected chi connectivity index (χ0v) is 14.7. The molecule has 0 fully saturated rings. The molecule has 24 heavy (non-hydrogen) atoms. The topological polar surface area (TPSA) is 58.6 Å². The molecule has 0 heterocycles. The van der Waals surface area contributed by atoms with Gasteiger partial charge < -0.3 is 15.2 Å². The van der Waals surface area contributed by atoms with Crippen LogP contribution in [-0.4, -0.2) is 36.9 Å². The van der Waals surface area contributed by atoms with Crippen molar-refractivity contribution < 1.29 is 14.6 Å². The maximum absolute atomic E-state index is 12.3. The summed E-state index contributed by atoms with van der Waals surface area (Å²) in [6.45, 7) is 7.04. The van der Waals surface area contributed by atoms with Gasteiger partial charge in [-0.15, -0.1) is 0 Å². The summed E-state index contributed by atoms with van der Waals surface area (Å²) in [5.74, 6) is 0.0753. The van der Waals surface area contributed by atoms with E-state index >= 15 is 0 Å². The van der Waals surface area contributed by atoms with Crippen molar-refractivity contribution in [3.8, 4) is 0 Å². The summed E-state index contributed by atoms with van der Waals surface area (Å²) >= 11 is 0. The van der Waals surface area contributed by atoms with Crippen molar-refractivity contribution >= 4 is 16.7 Å². The average Bonchev–Trinajstić information content (AvgIpc) is 2.58. The Hall–Kier alpha value is -1.91. The monoisotopic (exact) mass is 329 g/mol. The Balaban J connectivity index is 1.86. The van der Waals surface area contributed by atoms with Crippen LogP contribution in [0.1, 0.15) is 32.3 Å². The maximum Gasteiger partial charge on any atom is 0.227 e. The zero-order valence-electron chi connectivity index (χ0n) is 14.7. The summed E-state index contributed by atoms with van der Waals surface area (Å²) in [5.41, 5.74) is 0.969. The lowest BCUT2D eigenvalue weighted by Crippen LogP contribution is -2.36. The molecule has 0 aliphatic carbocycles. The van der Waals surface area contributed by atoms with Crippen LogP contribution in [0.2, 0.25) is 0 Å². The third kappa shape index (κ3) is 5.32. The number of nitrogens with one attached hydrogen (secondary N) is 1. The molecule has 0 aliphatic rings. The number of rotatable bonds is 8. The summed E-state index contributed by atoms with van der Waals surface area (Å²) in [6.07, 6.45) is -0.684. The molecule has 2 atom stereocenters. The molecule has 2 aromatic carbocycles. The van der Waals surface area contributed by atoms with E-state index in [-0.39, 0.29) is 25.0 Å². The number of aliphatic hydroxyl groups is 1. The Bertz CT molecular complexity index is 669. The molecular weight excluding hydrogens is 302 g/mol. The molecule has 4 heteroatoms. The molecule has 0 saturated heterocycles. The van der Waals surface area contributed by atoms with Gasteiger partial charge in [0.25, 0.3) is 0 Å². The highest BCUT2D eigenvalue weighted by atomic mass is 16.5. The minimum absolute atomic E-state index is 0.0896. The quantitative estimate of drug-likeness (QED) is 0.782. The molecule has 0 bridgehead atoms. The van der Waals surface area contributed by atoms with Crippen molar-refractivity contribution in [2.75, 3.05) is 19.8 Å². The molecule has 130 valence electrons. The summed E-state index contributed by atoms with van der Waals surface area (Å²) in [7, 11) is 0. The van der Waals surface area contributed by atoms with E-state index < -0.39 is 6.10 Å². The predicted molar refractivity (Wildman–Crippen MR) is 97.0 cm³/mol. The lowest BCUT2D eigenvalue weighted by atomic mass is 9.97. The normalized spacial score (nSPS) is 13.9. The van der Waals surface area contributed by atoms with E-state index in [1.807, 2.05) is 43.3 Å². The fourth-order valence-corrected chi connectivity index (χ4v) is 2.50. The van der Waals surface area contributed by atoms with Crippen molar-refractivity contribution in [2.45, 2.75) is 32.8 Å². The van der Waals surface area contributed by atoms with Crippen LogP contribution in [0.25, 0.3) is 10.8 Å². The number of aliphatic hydroxyl groups excluding tert-OH is 1. The highest BCUT2D eigenvalue weighted by Gasteiger charge is 2.16. The van der Waals surface area contributed by atoms with Crippen LogP contribution in [0.3, 0.4) is 0 Å². The number of benzene rings is 2. The SMILES string of the molecule is CC(C)COCC(O)CNC(=O)C(C)c1ccc2ccccc2c1. The molecular formula is C20H27NO3. The van der Waals surface area contributed by atoms with E-state index in [2.05, 4.69) is 25.2 Å². The van der Waals surface area contributed by atoms with Crippen LogP contribution in [-0.2, 0) is 9.53 Å². The molecule has 0 saturated carbocycles. The maximum atomic E-state index is 12.3. The number of ether oxygens (including phenoxy) is 1. The van der Waals surface area contributed by atoms with E-state index in [0.717, 1.165) is 16.3 Å². The molecule has 1 amide bonds. The molecule has 0 aromatic heterocycles. The van der Waals surface area contributed by atoms with Crippen LogP contribution in [0, 0.1) is 5.92 Å². The van der Waals surface area contributed by atoms with Gasteiger partial charge in [-0.2, -0.15) is 0 Å². The molecule has 0 spiro atoms. The van der Waals surface area contributed by atoms with Crippen LogP contribution in [0.5, 0.6) is 0 Å². The Morgan fingerprint density at radius 2 is 1.79 bits per heavy atom. The van der Waals surface area contributed by atoms with E-state index in [1.54, 1.807) is 0 Å². The summed E-state index contributed by atoms with van der Waals surface area (Å²) < 4.78 is 5.38. The first kappa shape index (κ1) is 18.4. The van der Waals surface area contributed by atoms with Crippen molar-refractivity contribution in [3.05, 3.63) is 48.0 Å². The lowest BCUT2D eigenvalue weighted by molar-refractivity contribution is -0.122. The minimum atomic E-state index is -0.684. The average molecular weight is 329 g/mol. The first-order valence-electron chi connectivity index (χ1n) is 8.49. The molecule has 4 nitrogen and oxygen atoms in total. The van der Waals surface area contributed by atoms with Gasteiger partial charge in [-0.05, 0) is 29.2 Å². The number of carbonyl (C=O) groups is 1. The minimum Gasteiger partial charge on any atom is -0.389 e. The van der Waals surface area contributed by atoms with Crippen molar-refractivity contribution in [1.82, 2.24) is 5.32 Å².